The van der Waals surface area contributed by atoms with Crippen molar-refractivity contribution in [3.05, 3.63) is 34.3 Å². The standard InChI is InChI=1S/C25H36O2S/c1-6-7-13-28-22-15-20(26)19(14-21(22)27)16-25(5)18(3)11-12-24(4)17(2)9-8-10-23(24)25/h9,14-15,18,23H,6-8,10-13,16H2,1-5H3/t18-,23+,24+,25+/m0/s1. The van der Waals surface area contributed by atoms with Crippen LogP contribution in [0.3, 0.4) is 0 Å². The van der Waals surface area contributed by atoms with Crippen molar-refractivity contribution in [2.75, 3.05) is 5.75 Å². The van der Waals surface area contributed by atoms with Crippen LogP contribution in [-0.4, -0.2) is 17.3 Å². The van der Waals surface area contributed by atoms with E-state index >= 15 is 0 Å². The van der Waals surface area contributed by atoms with E-state index in [0.717, 1.165) is 37.0 Å². The topological polar surface area (TPSA) is 34.1 Å². The fourth-order valence-electron chi connectivity index (χ4n) is 5.78. The van der Waals surface area contributed by atoms with Crippen LogP contribution >= 0.6 is 11.8 Å². The molecule has 2 nitrogen and oxygen atoms in total. The molecule has 1 saturated carbocycles. The molecule has 28 heavy (non-hydrogen) atoms. The first-order valence-electron chi connectivity index (χ1n) is 11.0. The first-order valence-corrected chi connectivity index (χ1v) is 12.0. The van der Waals surface area contributed by atoms with E-state index < -0.39 is 0 Å². The Hall–Kier alpha value is -1.09. The zero-order chi connectivity index (χ0) is 20.5. The van der Waals surface area contributed by atoms with Crippen molar-refractivity contribution in [1.82, 2.24) is 0 Å². The molecule has 0 spiro atoms. The Labute approximate surface area is 175 Å². The van der Waals surface area contributed by atoms with Crippen LogP contribution < -0.4 is 0 Å². The molecule has 3 rings (SSSR count). The Morgan fingerprint density at radius 1 is 1.14 bits per heavy atom. The predicted octanol–water partition coefficient (Wildman–Crippen LogP) is 6.67. The van der Waals surface area contributed by atoms with Gasteiger partial charge in [0.15, 0.2) is 11.6 Å². The Morgan fingerprint density at radius 3 is 2.61 bits per heavy atom. The van der Waals surface area contributed by atoms with E-state index in [9.17, 15) is 9.59 Å². The predicted molar refractivity (Wildman–Crippen MR) is 119 cm³/mol. The minimum atomic E-state index is 0.0326. The molecule has 0 unspecified atom stereocenters. The third-order valence-corrected chi connectivity index (χ3v) is 9.17. The quantitative estimate of drug-likeness (QED) is 0.284. The third kappa shape index (κ3) is 3.84. The van der Waals surface area contributed by atoms with Gasteiger partial charge >= 0.3 is 0 Å². The molecule has 0 aliphatic heterocycles. The molecule has 0 heterocycles. The van der Waals surface area contributed by atoms with Crippen LogP contribution in [0.2, 0.25) is 0 Å². The molecule has 154 valence electrons. The number of carbonyl (C=O) groups excluding carboxylic acids is 2. The van der Waals surface area contributed by atoms with Crippen LogP contribution in [0.15, 0.2) is 34.3 Å². The van der Waals surface area contributed by atoms with Gasteiger partial charge in [-0.3, -0.25) is 9.59 Å². The van der Waals surface area contributed by atoms with Gasteiger partial charge < -0.3 is 0 Å². The van der Waals surface area contributed by atoms with Crippen LogP contribution in [0, 0.1) is 22.7 Å². The number of ketones is 2. The molecule has 0 bridgehead atoms. The highest BCUT2D eigenvalue weighted by atomic mass is 32.2. The maximum atomic E-state index is 12.9. The van der Waals surface area contributed by atoms with Crippen molar-refractivity contribution >= 4 is 23.3 Å². The van der Waals surface area contributed by atoms with Gasteiger partial charge in [0.2, 0.25) is 0 Å². The van der Waals surface area contributed by atoms with Crippen molar-refractivity contribution < 1.29 is 9.59 Å². The number of fused-ring (bicyclic) bond motifs is 1. The minimum Gasteiger partial charge on any atom is -0.290 e. The van der Waals surface area contributed by atoms with Crippen LogP contribution in [0.1, 0.15) is 79.6 Å². The first-order chi connectivity index (χ1) is 13.2. The summed E-state index contributed by atoms with van der Waals surface area (Å²) < 4.78 is 0. The van der Waals surface area contributed by atoms with Crippen molar-refractivity contribution in [2.24, 2.45) is 22.7 Å². The minimum absolute atomic E-state index is 0.0326. The molecule has 0 amide bonds. The van der Waals surface area contributed by atoms with E-state index in [1.54, 1.807) is 12.2 Å². The summed E-state index contributed by atoms with van der Waals surface area (Å²) in [7, 11) is 0. The van der Waals surface area contributed by atoms with Crippen molar-refractivity contribution in [3.63, 3.8) is 0 Å². The van der Waals surface area contributed by atoms with Gasteiger partial charge in [-0.1, -0.05) is 45.8 Å². The lowest BCUT2D eigenvalue weighted by molar-refractivity contribution is -0.115. The summed E-state index contributed by atoms with van der Waals surface area (Å²) in [5, 5.41) is 0. The smallest absolute Gasteiger partial charge is 0.192 e. The van der Waals surface area contributed by atoms with Gasteiger partial charge in [-0.25, -0.2) is 0 Å². The van der Waals surface area contributed by atoms with Crippen LogP contribution in [0.5, 0.6) is 0 Å². The second-order valence-corrected chi connectivity index (χ2v) is 10.8. The van der Waals surface area contributed by atoms with E-state index in [2.05, 4.69) is 40.7 Å². The molecule has 0 aromatic carbocycles. The lowest BCUT2D eigenvalue weighted by atomic mass is 9.46. The zero-order valence-corrected chi connectivity index (χ0v) is 19.1. The van der Waals surface area contributed by atoms with Crippen molar-refractivity contribution in [2.45, 2.75) is 79.6 Å². The lowest BCUT2D eigenvalue weighted by Crippen LogP contribution is -2.50. The van der Waals surface area contributed by atoms with Gasteiger partial charge in [0, 0.05) is 11.6 Å². The number of hydrogen-bond donors (Lipinski definition) is 0. The fourth-order valence-corrected chi connectivity index (χ4v) is 6.82. The fraction of sp³-hybridized carbons (Fsp3) is 0.680. The molecular formula is C25H36O2S. The monoisotopic (exact) mass is 400 g/mol. The SMILES string of the molecule is CCCCSC1=CC(=O)C(C[C@]2(C)[C@@H](C)CC[C@]3(C)C(C)=CCC[C@@H]23)=CC1=O. The Morgan fingerprint density at radius 2 is 1.89 bits per heavy atom. The van der Waals surface area contributed by atoms with Gasteiger partial charge in [-0.05, 0) is 79.9 Å². The number of allylic oxidation sites excluding steroid dienone is 6. The third-order valence-electron chi connectivity index (χ3n) is 8.05. The summed E-state index contributed by atoms with van der Waals surface area (Å²) in [5.41, 5.74) is 2.55. The van der Waals surface area contributed by atoms with Crippen molar-refractivity contribution in [3.8, 4) is 0 Å². The second-order valence-electron chi connectivity index (χ2n) is 9.67. The molecule has 3 aliphatic rings. The van der Waals surface area contributed by atoms with Gasteiger partial charge in [-0.15, -0.1) is 11.8 Å². The average Bonchev–Trinajstić information content (AvgIpc) is 2.65. The molecule has 4 atom stereocenters. The summed E-state index contributed by atoms with van der Waals surface area (Å²) in [6.07, 6.45) is 13.4. The van der Waals surface area contributed by atoms with Gasteiger partial charge in [0.05, 0.1) is 4.91 Å². The highest BCUT2D eigenvalue weighted by Crippen LogP contribution is 2.62. The lowest BCUT2D eigenvalue weighted by Gasteiger charge is -2.58. The number of hydrogen-bond acceptors (Lipinski definition) is 3. The summed E-state index contributed by atoms with van der Waals surface area (Å²) in [6, 6.07) is 0. The van der Waals surface area contributed by atoms with Crippen molar-refractivity contribution in [1.29, 1.82) is 0 Å². The first kappa shape index (κ1) is 21.6. The van der Waals surface area contributed by atoms with Crippen LogP contribution in [0.25, 0.3) is 0 Å². The number of carbonyl (C=O) groups is 2. The Bertz CT molecular complexity index is 744. The van der Waals surface area contributed by atoms with E-state index in [0.29, 0.717) is 16.7 Å². The Kier molecular flexibility index (Phi) is 6.44. The van der Waals surface area contributed by atoms with E-state index in [1.165, 1.54) is 36.6 Å². The normalized spacial score (nSPS) is 35.8. The molecule has 0 aromatic rings. The van der Waals surface area contributed by atoms with Gasteiger partial charge in [-0.2, -0.15) is 0 Å². The molecular weight excluding hydrogens is 364 g/mol. The molecule has 0 aromatic heterocycles. The summed E-state index contributed by atoms with van der Waals surface area (Å²) in [4.78, 5) is 26.2. The van der Waals surface area contributed by atoms with Gasteiger partial charge in [0.25, 0.3) is 0 Å². The van der Waals surface area contributed by atoms with E-state index in [1.807, 2.05) is 0 Å². The van der Waals surface area contributed by atoms with E-state index in [-0.39, 0.29) is 22.4 Å². The maximum absolute atomic E-state index is 12.9. The largest absolute Gasteiger partial charge is 0.290 e. The Balaban J connectivity index is 1.82. The number of rotatable bonds is 6. The highest BCUT2D eigenvalue weighted by molar-refractivity contribution is 8.04. The number of unbranched alkanes of at least 4 members (excludes halogenated alkanes) is 1. The average molecular weight is 401 g/mol. The summed E-state index contributed by atoms with van der Waals surface area (Å²) >= 11 is 1.54. The second kappa shape index (κ2) is 8.34. The molecule has 1 fully saturated rings. The van der Waals surface area contributed by atoms with Crippen LogP contribution in [-0.2, 0) is 9.59 Å². The highest BCUT2D eigenvalue weighted by Gasteiger charge is 2.53. The molecule has 0 saturated heterocycles. The maximum Gasteiger partial charge on any atom is 0.192 e. The molecule has 0 radical (unpaired) electrons. The van der Waals surface area contributed by atoms with Crippen LogP contribution in [0.4, 0.5) is 0 Å². The zero-order valence-electron chi connectivity index (χ0n) is 18.3. The molecule has 0 N–H and O–H groups in total. The van der Waals surface area contributed by atoms with Gasteiger partial charge in [0.1, 0.15) is 0 Å². The number of thioether (sulfide) groups is 1. The summed E-state index contributed by atoms with van der Waals surface area (Å²) in [5.74, 6) is 2.13. The summed E-state index contributed by atoms with van der Waals surface area (Å²) in [6.45, 7) is 11.6. The van der Waals surface area contributed by atoms with E-state index in [4.69, 9.17) is 0 Å². The molecule has 3 aliphatic carbocycles. The molecule has 3 heteroatoms.